The molecule has 3 aromatic carbocycles. The third-order valence-corrected chi connectivity index (χ3v) is 5.62. The Balaban J connectivity index is 1.36. The highest BCUT2D eigenvalue weighted by Crippen LogP contribution is 2.24. The lowest BCUT2D eigenvalue weighted by Crippen LogP contribution is -2.45. The predicted molar refractivity (Wildman–Crippen MR) is 139 cm³/mol. The highest BCUT2D eigenvalue weighted by atomic mass is 16.5. The second kappa shape index (κ2) is 13.0. The lowest BCUT2D eigenvalue weighted by atomic mass is 10.0. The number of carbonyl (C=O) groups is 2. The predicted octanol–water partition coefficient (Wildman–Crippen LogP) is 4.27. The number of imidazole rings is 1. The number of benzene rings is 3. The van der Waals surface area contributed by atoms with E-state index in [4.69, 9.17) is 14.2 Å². The molecule has 1 atom stereocenters. The summed E-state index contributed by atoms with van der Waals surface area (Å²) in [5.41, 5.74) is 2.47. The van der Waals surface area contributed by atoms with E-state index in [9.17, 15) is 9.59 Å². The highest BCUT2D eigenvalue weighted by molar-refractivity contribution is 5.91. The van der Waals surface area contributed by atoms with Gasteiger partial charge in [0.05, 0.1) is 33.1 Å². The van der Waals surface area contributed by atoms with Crippen LogP contribution in [0, 0.1) is 0 Å². The molecule has 1 heterocycles. The molecule has 0 fully saturated rings. The lowest BCUT2D eigenvalue weighted by Gasteiger charge is -2.18. The van der Waals surface area contributed by atoms with Crippen molar-refractivity contribution in [2.24, 2.45) is 0 Å². The number of hydrogen-bond donors (Lipinski definition) is 2. The fourth-order valence-electron chi connectivity index (χ4n) is 3.66. The molecule has 8 nitrogen and oxygen atoms in total. The van der Waals surface area contributed by atoms with Crippen molar-refractivity contribution in [1.82, 2.24) is 15.3 Å². The first-order valence-electron chi connectivity index (χ1n) is 11.9. The maximum atomic E-state index is 13.2. The third kappa shape index (κ3) is 8.05. The Morgan fingerprint density at radius 1 is 0.865 bits per heavy atom. The molecule has 0 spiro atoms. The number of methoxy groups -OCH3 is 1. The van der Waals surface area contributed by atoms with Crippen LogP contribution in [0.3, 0.4) is 0 Å². The first-order valence-corrected chi connectivity index (χ1v) is 11.9. The minimum absolute atomic E-state index is 0.0705. The van der Waals surface area contributed by atoms with E-state index in [2.05, 4.69) is 15.3 Å². The maximum absolute atomic E-state index is 13.2. The SMILES string of the molecule is COc1ccc(Oc2ccc(CC(=O)[C@H](COCc3ccccc3)NC(=O)Cc3cnc[nH]3)cc2)cc1. The normalized spacial score (nSPS) is 11.5. The Morgan fingerprint density at radius 3 is 2.19 bits per heavy atom. The fraction of sp³-hybridized carbons (Fsp3) is 0.207. The third-order valence-electron chi connectivity index (χ3n) is 5.62. The number of aromatic amines is 1. The van der Waals surface area contributed by atoms with E-state index in [1.54, 1.807) is 13.3 Å². The van der Waals surface area contributed by atoms with Crippen molar-refractivity contribution in [2.45, 2.75) is 25.5 Å². The number of rotatable bonds is 13. The van der Waals surface area contributed by atoms with Gasteiger partial charge in [0.15, 0.2) is 5.78 Å². The second-order valence-corrected chi connectivity index (χ2v) is 8.44. The minimum Gasteiger partial charge on any atom is -0.497 e. The molecule has 0 bridgehead atoms. The smallest absolute Gasteiger partial charge is 0.226 e. The van der Waals surface area contributed by atoms with E-state index in [0.29, 0.717) is 23.8 Å². The first kappa shape index (κ1) is 25.7. The summed E-state index contributed by atoms with van der Waals surface area (Å²) in [4.78, 5) is 32.6. The van der Waals surface area contributed by atoms with Crippen molar-refractivity contribution in [3.05, 3.63) is 108 Å². The molecule has 37 heavy (non-hydrogen) atoms. The number of ether oxygens (including phenoxy) is 3. The Labute approximate surface area is 215 Å². The average Bonchev–Trinajstić information content (AvgIpc) is 3.43. The highest BCUT2D eigenvalue weighted by Gasteiger charge is 2.22. The molecule has 1 aromatic heterocycles. The van der Waals surface area contributed by atoms with Gasteiger partial charge < -0.3 is 24.5 Å². The monoisotopic (exact) mass is 499 g/mol. The summed E-state index contributed by atoms with van der Waals surface area (Å²) in [6.45, 7) is 0.416. The second-order valence-electron chi connectivity index (χ2n) is 8.44. The molecule has 4 aromatic rings. The average molecular weight is 500 g/mol. The van der Waals surface area contributed by atoms with Gasteiger partial charge >= 0.3 is 0 Å². The van der Waals surface area contributed by atoms with Crippen LogP contribution in [-0.4, -0.2) is 41.4 Å². The van der Waals surface area contributed by atoms with Gasteiger partial charge in [-0.3, -0.25) is 9.59 Å². The van der Waals surface area contributed by atoms with Crippen molar-refractivity contribution in [3.8, 4) is 17.2 Å². The number of nitrogens with one attached hydrogen (secondary N) is 2. The van der Waals surface area contributed by atoms with Crippen LogP contribution < -0.4 is 14.8 Å². The topological polar surface area (TPSA) is 103 Å². The molecule has 0 aliphatic carbocycles. The molecule has 0 unspecified atom stereocenters. The van der Waals surface area contributed by atoms with E-state index in [-0.39, 0.29) is 31.1 Å². The van der Waals surface area contributed by atoms with Crippen molar-refractivity contribution in [1.29, 1.82) is 0 Å². The summed E-state index contributed by atoms with van der Waals surface area (Å²) in [6.07, 6.45) is 3.33. The van der Waals surface area contributed by atoms with Crippen molar-refractivity contribution in [3.63, 3.8) is 0 Å². The van der Waals surface area contributed by atoms with E-state index >= 15 is 0 Å². The van der Waals surface area contributed by atoms with Gasteiger partial charge in [-0.2, -0.15) is 0 Å². The van der Waals surface area contributed by atoms with E-state index in [1.807, 2.05) is 78.9 Å². The van der Waals surface area contributed by atoms with Gasteiger partial charge in [-0.15, -0.1) is 0 Å². The van der Waals surface area contributed by atoms with Crippen LogP contribution in [0.5, 0.6) is 17.2 Å². The van der Waals surface area contributed by atoms with E-state index in [0.717, 1.165) is 16.9 Å². The molecule has 8 heteroatoms. The van der Waals surface area contributed by atoms with Gasteiger partial charge in [-0.25, -0.2) is 4.98 Å². The number of aromatic nitrogens is 2. The molecule has 0 aliphatic rings. The van der Waals surface area contributed by atoms with Crippen molar-refractivity contribution >= 4 is 11.7 Å². The van der Waals surface area contributed by atoms with Crippen LogP contribution in [-0.2, 0) is 33.8 Å². The van der Waals surface area contributed by atoms with E-state index in [1.165, 1.54) is 6.33 Å². The molecule has 4 rings (SSSR count). The number of ketones is 1. The molecule has 0 saturated carbocycles. The summed E-state index contributed by atoms with van der Waals surface area (Å²) < 4.78 is 16.8. The van der Waals surface area contributed by atoms with Crippen molar-refractivity contribution < 1.29 is 23.8 Å². The standard InChI is InChI=1S/C29H29N3O5/c1-35-24-11-13-26(14-12-24)37-25-9-7-21(8-10-25)15-28(33)27(19-36-18-22-5-3-2-4-6-22)32-29(34)16-23-17-30-20-31-23/h2-14,17,20,27H,15-16,18-19H2,1H3,(H,30,31)(H,32,34)/t27-/m0/s1. The Kier molecular flexibility index (Phi) is 9.04. The minimum atomic E-state index is -0.783. The molecular weight excluding hydrogens is 470 g/mol. The summed E-state index contributed by atoms with van der Waals surface area (Å²) >= 11 is 0. The zero-order chi connectivity index (χ0) is 25.9. The van der Waals surface area contributed by atoms with Crippen LogP contribution in [0.4, 0.5) is 0 Å². The number of carbonyl (C=O) groups excluding carboxylic acids is 2. The molecule has 2 N–H and O–H groups in total. The van der Waals surface area contributed by atoms with Crippen LogP contribution in [0.2, 0.25) is 0 Å². The Morgan fingerprint density at radius 2 is 1.54 bits per heavy atom. The molecule has 1 amide bonds. The van der Waals surface area contributed by atoms with Crippen LogP contribution in [0.25, 0.3) is 0 Å². The van der Waals surface area contributed by atoms with Gasteiger partial charge in [-0.1, -0.05) is 42.5 Å². The number of hydrogen-bond acceptors (Lipinski definition) is 6. The fourth-order valence-corrected chi connectivity index (χ4v) is 3.66. The summed E-state index contributed by atoms with van der Waals surface area (Å²) in [5, 5.41) is 2.82. The van der Waals surface area contributed by atoms with Gasteiger partial charge in [0.1, 0.15) is 23.3 Å². The zero-order valence-corrected chi connectivity index (χ0v) is 20.6. The van der Waals surface area contributed by atoms with Gasteiger partial charge in [0.25, 0.3) is 0 Å². The van der Waals surface area contributed by atoms with Gasteiger partial charge in [0, 0.05) is 18.3 Å². The van der Waals surface area contributed by atoms with Gasteiger partial charge in [0.2, 0.25) is 5.91 Å². The molecule has 190 valence electrons. The van der Waals surface area contributed by atoms with Crippen molar-refractivity contribution in [2.75, 3.05) is 13.7 Å². The molecular formula is C29H29N3O5. The number of H-pyrrole nitrogens is 1. The summed E-state index contributed by atoms with van der Waals surface area (Å²) in [7, 11) is 1.61. The quantitative estimate of drug-likeness (QED) is 0.285. The molecule has 0 radical (unpaired) electrons. The van der Waals surface area contributed by atoms with Crippen LogP contribution in [0.1, 0.15) is 16.8 Å². The zero-order valence-electron chi connectivity index (χ0n) is 20.6. The maximum Gasteiger partial charge on any atom is 0.226 e. The number of amides is 1. The Bertz CT molecular complexity index is 1260. The van der Waals surface area contributed by atoms with Gasteiger partial charge in [-0.05, 0) is 47.5 Å². The van der Waals surface area contributed by atoms with Crippen LogP contribution >= 0.6 is 0 Å². The lowest BCUT2D eigenvalue weighted by molar-refractivity contribution is -0.128. The largest absolute Gasteiger partial charge is 0.497 e. The first-order chi connectivity index (χ1) is 18.1. The molecule has 0 saturated heterocycles. The van der Waals surface area contributed by atoms with E-state index < -0.39 is 6.04 Å². The van der Waals surface area contributed by atoms with Crippen LogP contribution in [0.15, 0.2) is 91.4 Å². The summed E-state index contributed by atoms with van der Waals surface area (Å²) in [6, 6.07) is 23.5. The molecule has 0 aliphatic heterocycles. The summed E-state index contributed by atoms with van der Waals surface area (Å²) in [5.74, 6) is 1.65. The number of Topliss-reactive ketones (excluding diaryl/α,β-unsaturated/α-hetero) is 1. The Hall–Kier alpha value is -4.43. The number of nitrogens with zero attached hydrogens (tertiary/aromatic N) is 1.